The third kappa shape index (κ3) is 6.43. The molecule has 10 heavy (non-hydrogen) atoms. The molecule has 0 rings (SSSR count). The zero-order valence-electron chi connectivity index (χ0n) is 7.30. The quantitative estimate of drug-likeness (QED) is 0.478. The Balaban J connectivity index is 3.03. The van der Waals surface area contributed by atoms with Crippen molar-refractivity contribution >= 4 is 12.6 Å². The molecule has 0 spiro atoms. The van der Waals surface area contributed by atoms with Crippen molar-refractivity contribution in [3.05, 3.63) is 0 Å². The molecule has 0 aliphatic rings. The molecule has 1 nitrogen and oxygen atoms in total. The van der Waals surface area contributed by atoms with Crippen LogP contribution in [-0.2, 0) is 0 Å². The van der Waals surface area contributed by atoms with Crippen molar-refractivity contribution in [2.75, 3.05) is 19.5 Å². The van der Waals surface area contributed by atoms with Gasteiger partial charge in [0.25, 0.3) is 0 Å². The van der Waals surface area contributed by atoms with E-state index >= 15 is 0 Å². The van der Waals surface area contributed by atoms with E-state index in [2.05, 4.69) is 38.4 Å². The van der Waals surface area contributed by atoms with Crippen LogP contribution in [0.1, 0.15) is 26.7 Å². The second-order valence-electron chi connectivity index (χ2n) is 3.26. The predicted octanol–water partition coefficient (Wildman–Crippen LogP) is 2.24. The maximum atomic E-state index is 4.17. The van der Waals surface area contributed by atoms with E-state index in [-0.39, 0.29) is 0 Å². The molecule has 0 fully saturated rings. The lowest BCUT2D eigenvalue weighted by molar-refractivity contribution is 0.367. The number of rotatable bonds is 5. The summed E-state index contributed by atoms with van der Waals surface area (Å²) < 4.78 is 0. The SMILES string of the molecule is CC(C)CCCN(C)CS. The standard InChI is InChI=1S/C8H19NS/c1-8(2)5-4-6-9(3)7-10/h8,10H,4-7H2,1-3H3. The first-order valence-electron chi connectivity index (χ1n) is 3.96. The van der Waals surface area contributed by atoms with Crippen LogP contribution in [0.4, 0.5) is 0 Å². The van der Waals surface area contributed by atoms with E-state index < -0.39 is 0 Å². The van der Waals surface area contributed by atoms with Crippen molar-refractivity contribution < 1.29 is 0 Å². The summed E-state index contributed by atoms with van der Waals surface area (Å²) in [4.78, 5) is 2.23. The summed E-state index contributed by atoms with van der Waals surface area (Å²) in [6, 6.07) is 0. The molecule has 62 valence electrons. The molecule has 0 aromatic carbocycles. The molecule has 0 atom stereocenters. The van der Waals surface area contributed by atoms with E-state index in [1.54, 1.807) is 0 Å². The van der Waals surface area contributed by atoms with Crippen molar-refractivity contribution in [2.24, 2.45) is 5.92 Å². The Hall–Kier alpha value is 0.310. The van der Waals surface area contributed by atoms with E-state index in [1.165, 1.54) is 19.4 Å². The van der Waals surface area contributed by atoms with E-state index in [0.29, 0.717) is 0 Å². The topological polar surface area (TPSA) is 3.24 Å². The van der Waals surface area contributed by atoms with Crippen LogP contribution in [0.25, 0.3) is 0 Å². The highest BCUT2D eigenvalue weighted by molar-refractivity contribution is 7.80. The molecule has 0 aliphatic heterocycles. The van der Waals surface area contributed by atoms with E-state index in [4.69, 9.17) is 0 Å². The van der Waals surface area contributed by atoms with Crippen LogP contribution in [0, 0.1) is 5.92 Å². The van der Waals surface area contributed by atoms with Crippen LogP contribution < -0.4 is 0 Å². The van der Waals surface area contributed by atoms with Crippen LogP contribution in [-0.4, -0.2) is 24.4 Å². The molecule has 0 radical (unpaired) electrons. The minimum absolute atomic E-state index is 0.841. The highest BCUT2D eigenvalue weighted by atomic mass is 32.1. The average Bonchev–Trinajstić information content (AvgIpc) is 1.87. The van der Waals surface area contributed by atoms with Crippen LogP contribution in [0.2, 0.25) is 0 Å². The molecule has 0 unspecified atom stereocenters. The minimum Gasteiger partial charge on any atom is -0.297 e. The van der Waals surface area contributed by atoms with E-state index in [0.717, 1.165) is 11.8 Å². The third-order valence-electron chi connectivity index (χ3n) is 1.56. The van der Waals surface area contributed by atoms with Crippen LogP contribution in [0.5, 0.6) is 0 Å². The van der Waals surface area contributed by atoms with Gasteiger partial charge in [0.15, 0.2) is 0 Å². The van der Waals surface area contributed by atoms with Crippen molar-refractivity contribution in [1.82, 2.24) is 4.90 Å². The molecule has 0 saturated heterocycles. The summed E-state index contributed by atoms with van der Waals surface area (Å²) in [5, 5.41) is 0. The van der Waals surface area contributed by atoms with Crippen LogP contribution in [0.15, 0.2) is 0 Å². The van der Waals surface area contributed by atoms with Gasteiger partial charge in [-0.15, -0.1) is 0 Å². The maximum Gasteiger partial charge on any atom is 0.0411 e. The van der Waals surface area contributed by atoms with Gasteiger partial charge in [-0.2, -0.15) is 12.6 Å². The Bertz CT molecular complexity index is 73.7. The zero-order valence-corrected chi connectivity index (χ0v) is 8.19. The first kappa shape index (κ1) is 10.3. The number of thiol groups is 1. The summed E-state index contributed by atoms with van der Waals surface area (Å²) in [7, 11) is 2.10. The van der Waals surface area contributed by atoms with E-state index in [9.17, 15) is 0 Å². The lowest BCUT2D eigenvalue weighted by Gasteiger charge is -2.13. The first-order chi connectivity index (χ1) is 4.66. The van der Waals surface area contributed by atoms with E-state index in [1.807, 2.05) is 0 Å². The first-order valence-corrected chi connectivity index (χ1v) is 4.59. The summed E-state index contributed by atoms with van der Waals surface area (Å²) in [5.41, 5.74) is 0. The fourth-order valence-electron chi connectivity index (χ4n) is 0.840. The Kier molecular flexibility index (Phi) is 6.24. The van der Waals surface area contributed by atoms with Crippen molar-refractivity contribution in [1.29, 1.82) is 0 Å². The Morgan fingerprint density at radius 1 is 1.40 bits per heavy atom. The Morgan fingerprint density at radius 2 is 2.00 bits per heavy atom. The average molecular weight is 161 g/mol. The summed E-state index contributed by atoms with van der Waals surface area (Å²) >= 11 is 4.17. The smallest absolute Gasteiger partial charge is 0.0411 e. The number of hydrogen-bond donors (Lipinski definition) is 1. The molecule has 0 bridgehead atoms. The highest BCUT2D eigenvalue weighted by Crippen LogP contribution is 2.03. The highest BCUT2D eigenvalue weighted by Gasteiger charge is 1.96. The molecule has 0 aliphatic carbocycles. The fourth-order valence-corrected chi connectivity index (χ4v) is 0.982. The molecular weight excluding hydrogens is 142 g/mol. The molecule has 0 heterocycles. The third-order valence-corrected chi connectivity index (χ3v) is 2.05. The van der Waals surface area contributed by atoms with Crippen LogP contribution in [0.3, 0.4) is 0 Å². The molecular formula is C8H19NS. The second kappa shape index (κ2) is 6.05. The summed E-state index contributed by atoms with van der Waals surface area (Å²) in [5.74, 6) is 1.71. The van der Waals surface area contributed by atoms with Crippen molar-refractivity contribution in [3.63, 3.8) is 0 Å². The van der Waals surface area contributed by atoms with Gasteiger partial charge >= 0.3 is 0 Å². The van der Waals surface area contributed by atoms with Gasteiger partial charge in [0.2, 0.25) is 0 Å². The lowest BCUT2D eigenvalue weighted by Crippen LogP contribution is -2.17. The molecule has 2 heteroatoms. The Morgan fingerprint density at radius 3 is 2.40 bits per heavy atom. The molecule has 0 saturated carbocycles. The molecule has 0 aromatic heterocycles. The minimum atomic E-state index is 0.841. The van der Waals surface area contributed by atoms with Gasteiger partial charge in [-0.05, 0) is 32.4 Å². The van der Waals surface area contributed by atoms with Crippen molar-refractivity contribution in [3.8, 4) is 0 Å². The molecule has 0 aromatic rings. The summed E-state index contributed by atoms with van der Waals surface area (Å²) in [6.45, 7) is 5.71. The second-order valence-corrected chi connectivity index (χ2v) is 3.54. The predicted molar refractivity (Wildman–Crippen MR) is 50.6 cm³/mol. The van der Waals surface area contributed by atoms with Gasteiger partial charge in [-0.1, -0.05) is 13.8 Å². The normalized spacial score (nSPS) is 11.4. The Labute approximate surface area is 70.2 Å². The van der Waals surface area contributed by atoms with Gasteiger partial charge in [-0.25, -0.2) is 0 Å². The molecule has 0 amide bonds. The van der Waals surface area contributed by atoms with Crippen LogP contribution >= 0.6 is 12.6 Å². The van der Waals surface area contributed by atoms with Gasteiger partial charge in [0.05, 0.1) is 0 Å². The lowest BCUT2D eigenvalue weighted by atomic mass is 10.1. The van der Waals surface area contributed by atoms with Crippen molar-refractivity contribution in [2.45, 2.75) is 26.7 Å². The fraction of sp³-hybridized carbons (Fsp3) is 1.00. The number of nitrogens with zero attached hydrogens (tertiary/aromatic N) is 1. The largest absolute Gasteiger partial charge is 0.297 e. The summed E-state index contributed by atoms with van der Waals surface area (Å²) in [6.07, 6.45) is 2.63. The van der Waals surface area contributed by atoms with Gasteiger partial charge in [-0.3, -0.25) is 4.90 Å². The van der Waals surface area contributed by atoms with Gasteiger partial charge in [0.1, 0.15) is 0 Å². The monoisotopic (exact) mass is 161 g/mol. The number of hydrogen-bond acceptors (Lipinski definition) is 2. The van der Waals surface area contributed by atoms with Gasteiger partial charge in [0, 0.05) is 5.88 Å². The maximum absolute atomic E-state index is 4.17. The molecule has 0 N–H and O–H groups in total. The zero-order chi connectivity index (χ0) is 7.98. The van der Waals surface area contributed by atoms with Gasteiger partial charge < -0.3 is 0 Å².